The Balaban J connectivity index is 1.45. The van der Waals surface area contributed by atoms with Crippen molar-refractivity contribution in [3.05, 3.63) is 47.3 Å². The lowest BCUT2D eigenvalue weighted by Gasteiger charge is -2.55. The van der Waals surface area contributed by atoms with E-state index in [0.717, 1.165) is 32.1 Å². The Morgan fingerprint density at radius 3 is 2.62 bits per heavy atom. The lowest BCUT2D eigenvalue weighted by molar-refractivity contribution is -0.0492. The third kappa shape index (κ3) is 3.82. The van der Waals surface area contributed by atoms with Gasteiger partial charge in [0.25, 0.3) is 0 Å². The first-order valence-corrected chi connectivity index (χ1v) is 12.6. The third-order valence-corrected chi connectivity index (χ3v) is 9.64. The molecule has 2 fully saturated rings. The van der Waals surface area contributed by atoms with Gasteiger partial charge in [-0.1, -0.05) is 57.1 Å². The van der Waals surface area contributed by atoms with E-state index in [2.05, 4.69) is 32.1 Å². The highest BCUT2D eigenvalue weighted by Crippen LogP contribution is 2.63. The summed E-state index contributed by atoms with van der Waals surface area (Å²) in [5, 5.41) is 31.6. The van der Waals surface area contributed by atoms with Gasteiger partial charge in [0.1, 0.15) is 6.61 Å². The molecular weight excluding hydrogens is 400 g/mol. The van der Waals surface area contributed by atoms with E-state index in [0.29, 0.717) is 37.7 Å². The fraction of sp³-hybridized carbons (Fsp3) is 0.714. The van der Waals surface area contributed by atoms with Crippen LogP contribution in [0.1, 0.15) is 79.1 Å². The van der Waals surface area contributed by atoms with Crippen molar-refractivity contribution in [2.24, 2.45) is 22.7 Å². The van der Waals surface area contributed by atoms with Crippen LogP contribution in [0.15, 0.2) is 47.3 Å². The lowest BCUT2D eigenvalue weighted by atomic mass is 9.50. The second-order valence-corrected chi connectivity index (χ2v) is 11.1. The molecule has 0 spiro atoms. The monoisotopic (exact) mass is 442 g/mol. The molecular formula is C28H42O4. The van der Waals surface area contributed by atoms with E-state index in [9.17, 15) is 15.3 Å². The van der Waals surface area contributed by atoms with Crippen LogP contribution in [0.5, 0.6) is 0 Å². The second kappa shape index (κ2) is 8.77. The van der Waals surface area contributed by atoms with Crippen molar-refractivity contribution in [3.8, 4) is 0 Å². The predicted molar refractivity (Wildman–Crippen MR) is 128 cm³/mol. The summed E-state index contributed by atoms with van der Waals surface area (Å²) < 4.78 is 5.93. The summed E-state index contributed by atoms with van der Waals surface area (Å²) in [5.74, 6) is 0.820. The first kappa shape index (κ1) is 23.8. The van der Waals surface area contributed by atoms with E-state index in [4.69, 9.17) is 4.74 Å². The van der Waals surface area contributed by atoms with Crippen molar-refractivity contribution in [1.29, 1.82) is 0 Å². The molecule has 0 saturated heterocycles. The van der Waals surface area contributed by atoms with E-state index in [1.807, 2.05) is 19.9 Å². The minimum Gasteiger partial charge on any atom is -0.497 e. The van der Waals surface area contributed by atoms with Crippen LogP contribution in [0, 0.1) is 22.7 Å². The van der Waals surface area contributed by atoms with Gasteiger partial charge in [-0.05, 0) is 73.8 Å². The first-order valence-electron chi connectivity index (χ1n) is 12.6. The van der Waals surface area contributed by atoms with Crippen molar-refractivity contribution < 1.29 is 20.1 Å². The Bertz CT molecular complexity index is 832. The van der Waals surface area contributed by atoms with Crippen molar-refractivity contribution >= 4 is 0 Å². The van der Waals surface area contributed by atoms with Crippen LogP contribution in [0.4, 0.5) is 0 Å². The van der Waals surface area contributed by atoms with Gasteiger partial charge in [0, 0.05) is 11.8 Å². The van der Waals surface area contributed by atoms with Crippen molar-refractivity contribution in [2.45, 2.75) is 96.9 Å². The van der Waals surface area contributed by atoms with Gasteiger partial charge in [0.15, 0.2) is 0 Å². The van der Waals surface area contributed by atoms with E-state index >= 15 is 0 Å². The van der Waals surface area contributed by atoms with Gasteiger partial charge in [0.2, 0.25) is 0 Å². The van der Waals surface area contributed by atoms with E-state index < -0.39 is 17.8 Å². The molecule has 0 aromatic carbocycles. The van der Waals surface area contributed by atoms with Crippen LogP contribution in [0.3, 0.4) is 0 Å². The van der Waals surface area contributed by atoms with Crippen LogP contribution >= 0.6 is 0 Å². The number of hydrogen-bond acceptors (Lipinski definition) is 4. The minimum atomic E-state index is -0.627. The second-order valence-electron chi connectivity index (χ2n) is 11.1. The normalized spacial score (nSPS) is 39.0. The van der Waals surface area contributed by atoms with Crippen LogP contribution < -0.4 is 0 Å². The number of rotatable bonds is 7. The quantitative estimate of drug-likeness (QED) is 0.374. The summed E-state index contributed by atoms with van der Waals surface area (Å²) in [6.45, 7) is 9.25. The van der Waals surface area contributed by atoms with Gasteiger partial charge in [-0.15, -0.1) is 0 Å². The Labute approximate surface area is 193 Å². The Morgan fingerprint density at radius 1 is 1.16 bits per heavy atom. The molecule has 0 aliphatic heterocycles. The third-order valence-electron chi connectivity index (χ3n) is 9.64. The summed E-state index contributed by atoms with van der Waals surface area (Å²) in [6, 6.07) is 0. The molecule has 2 saturated carbocycles. The molecule has 4 aliphatic rings. The average molecular weight is 443 g/mol. The van der Waals surface area contributed by atoms with Gasteiger partial charge < -0.3 is 20.1 Å². The zero-order valence-corrected chi connectivity index (χ0v) is 20.3. The van der Waals surface area contributed by atoms with E-state index in [-0.39, 0.29) is 10.8 Å². The summed E-state index contributed by atoms with van der Waals surface area (Å²) in [6.07, 6.45) is 16.2. The maximum atomic E-state index is 11.0. The molecule has 4 heteroatoms. The van der Waals surface area contributed by atoms with Gasteiger partial charge in [-0.2, -0.15) is 0 Å². The van der Waals surface area contributed by atoms with Gasteiger partial charge in [0.05, 0.1) is 24.1 Å². The molecule has 0 heterocycles. The van der Waals surface area contributed by atoms with E-state index in [1.165, 1.54) is 16.7 Å². The van der Waals surface area contributed by atoms with Gasteiger partial charge >= 0.3 is 0 Å². The number of fused-ring (bicyclic) bond motifs is 5. The summed E-state index contributed by atoms with van der Waals surface area (Å²) >= 11 is 0. The molecule has 0 aromatic rings. The Hall–Kier alpha value is -1.36. The maximum absolute atomic E-state index is 11.0. The van der Waals surface area contributed by atoms with Crippen LogP contribution in [0.25, 0.3) is 0 Å². The molecule has 4 nitrogen and oxygen atoms in total. The van der Waals surface area contributed by atoms with Gasteiger partial charge in [-0.25, -0.2) is 0 Å². The highest BCUT2D eigenvalue weighted by Gasteiger charge is 2.56. The predicted octanol–water partition coefficient (Wildman–Crippen LogP) is 5.21. The standard InChI is InChI=1S/C28H42O4/c1-5-28(31,6-2)13-7-15-32-18-20-9-11-23-22-10-8-19-16-21(29)17-25(30)27(19,4)24(22)12-14-26(20,23)3/h7-10,15,21,23-25,29-31H,5-6,11-14,16-18H2,1-4H3/b15-7-/t21-,23+,24+,25+,26-,27+/m1/s1. The maximum Gasteiger partial charge on any atom is 0.109 e. The first-order chi connectivity index (χ1) is 15.2. The summed E-state index contributed by atoms with van der Waals surface area (Å²) in [4.78, 5) is 0. The summed E-state index contributed by atoms with van der Waals surface area (Å²) in [5.41, 5.74) is 3.31. The number of ether oxygens (including phenoxy) is 1. The number of aliphatic hydroxyl groups is 3. The topological polar surface area (TPSA) is 69.9 Å². The molecule has 178 valence electrons. The molecule has 6 atom stereocenters. The average Bonchev–Trinajstić information content (AvgIpc) is 3.11. The SMILES string of the molecule is CCC(O)(CC)C/C=C\OCC1=CC[C@H]2C3=CC=C4C[C@@H](O)C[C@H](O)[C@]4(C)[C@H]3CC[C@]12C. The fourth-order valence-electron chi connectivity index (χ4n) is 6.96. The molecule has 0 aromatic heterocycles. The van der Waals surface area contributed by atoms with Crippen molar-refractivity contribution in [1.82, 2.24) is 0 Å². The molecule has 0 unspecified atom stereocenters. The van der Waals surface area contributed by atoms with Crippen LogP contribution in [-0.2, 0) is 4.74 Å². The molecule has 3 N–H and O–H groups in total. The zero-order valence-electron chi connectivity index (χ0n) is 20.3. The fourth-order valence-corrected chi connectivity index (χ4v) is 6.96. The molecule has 0 amide bonds. The zero-order chi connectivity index (χ0) is 23.1. The largest absolute Gasteiger partial charge is 0.497 e. The molecule has 4 rings (SSSR count). The number of allylic oxidation sites excluding steroid dienone is 4. The smallest absolute Gasteiger partial charge is 0.109 e. The minimum absolute atomic E-state index is 0.102. The van der Waals surface area contributed by atoms with Crippen molar-refractivity contribution in [3.63, 3.8) is 0 Å². The molecule has 0 radical (unpaired) electrons. The summed E-state index contributed by atoms with van der Waals surface area (Å²) in [7, 11) is 0. The van der Waals surface area contributed by atoms with Gasteiger partial charge in [-0.3, -0.25) is 0 Å². The highest BCUT2D eigenvalue weighted by molar-refractivity contribution is 5.43. The highest BCUT2D eigenvalue weighted by atomic mass is 16.5. The van der Waals surface area contributed by atoms with Crippen LogP contribution in [0.2, 0.25) is 0 Å². The Morgan fingerprint density at radius 2 is 1.91 bits per heavy atom. The molecule has 0 bridgehead atoms. The van der Waals surface area contributed by atoms with Crippen LogP contribution in [-0.4, -0.2) is 39.7 Å². The van der Waals surface area contributed by atoms with Crippen molar-refractivity contribution in [2.75, 3.05) is 6.61 Å². The Kier molecular flexibility index (Phi) is 6.52. The molecule has 32 heavy (non-hydrogen) atoms. The number of aliphatic hydroxyl groups excluding tert-OH is 2. The molecule has 4 aliphatic carbocycles. The number of hydrogen-bond donors (Lipinski definition) is 3. The lowest BCUT2D eigenvalue weighted by Crippen LogP contribution is -2.52. The van der Waals surface area contributed by atoms with E-state index in [1.54, 1.807) is 6.26 Å².